The number of halogens is 2. The van der Waals surface area contributed by atoms with E-state index in [1.807, 2.05) is 43.3 Å². The summed E-state index contributed by atoms with van der Waals surface area (Å²) in [6.07, 6.45) is 5.10. The SMILES string of the molecule is Cc1nc2cccc(-c3cc4c([nH]3)CCNC4=O)c2nc1F.Cc1nc2cccc(-c3cc4c([nH]3)CCNC4=O)c2nc1NC1CCCNC1=O.Cl.NC1CCCNC1=O. The maximum absolute atomic E-state index is 13.8. The first-order chi connectivity index (χ1) is 28.5. The third-order valence-electron chi connectivity index (χ3n) is 10.8. The quantitative estimate of drug-likeness (QED) is 0.127. The van der Waals surface area contributed by atoms with Gasteiger partial charge < -0.3 is 42.3 Å². The number of fused-ring (bicyclic) bond motifs is 4. The molecule has 0 radical (unpaired) electrons. The molecule has 312 valence electrons. The topological polar surface area (TPSA) is 238 Å². The Labute approximate surface area is 350 Å². The van der Waals surface area contributed by atoms with Gasteiger partial charge in [-0.3, -0.25) is 19.2 Å². The number of carbonyl (C=O) groups excluding carboxylic acids is 4. The summed E-state index contributed by atoms with van der Waals surface area (Å²) in [7, 11) is 0. The molecule has 2 aromatic carbocycles. The zero-order valence-electron chi connectivity index (χ0n) is 33.1. The second-order valence-corrected chi connectivity index (χ2v) is 14.9. The van der Waals surface area contributed by atoms with Gasteiger partial charge in [0.05, 0.1) is 39.6 Å². The van der Waals surface area contributed by atoms with Gasteiger partial charge >= 0.3 is 0 Å². The number of nitrogens with two attached hydrogens (primary N) is 1. The van der Waals surface area contributed by atoms with Gasteiger partial charge in [-0.2, -0.15) is 4.39 Å². The minimum atomic E-state index is -0.575. The summed E-state index contributed by atoms with van der Waals surface area (Å²) in [6.45, 7) is 6.25. The van der Waals surface area contributed by atoms with Crippen LogP contribution in [-0.4, -0.2) is 91.8 Å². The molecule has 4 aliphatic heterocycles. The number of anilines is 1. The number of piperidine rings is 2. The van der Waals surface area contributed by atoms with Crippen LogP contribution in [0, 0.1) is 19.8 Å². The highest BCUT2D eigenvalue weighted by atomic mass is 35.5. The summed E-state index contributed by atoms with van der Waals surface area (Å²) in [5, 5.41) is 14.5. The average Bonchev–Trinajstić information content (AvgIpc) is 3.88. The fraction of sp³-hybridized carbons (Fsp3) is 0.333. The van der Waals surface area contributed by atoms with Gasteiger partial charge in [0.25, 0.3) is 11.8 Å². The lowest BCUT2D eigenvalue weighted by Gasteiger charge is -2.24. The second kappa shape index (κ2) is 17.8. The molecule has 0 bridgehead atoms. The monoisotopic (exact) mass is 836 g/mol. The number of para-hydroxylation sites is 2. The predicted molar refractivity (Wildman–Crippen MR) is 227 cm³/mol. The molecule has 4 aliphatic rings. The lowest BCUT2D eigenvalue weighted by atomic mass is 10.1. The van der Waals surface area contributed by atoms with Gasteiger partial charge in [0.2, 0.25) is 17.8 Å². The molecule has 0 aliphatic carbocycles. The van der Waals surface area contributed by atoms with Crippen molar-refractivity contribution < 1.29 is 23.6 Å². The van der Waals surface area contributed by atoms with Gasteiger partial charge in [-0.25, -0.2) is 19.9 Å². The maximum Gasteiger partial charge on any atom is 0.253 e. The number of rotatable bonds is 4. The van der Waals surface area contributed by atoms with Gasteiger partial charge in [-0.1, -0.05) is 24.3 Å². The van der Waals surface area contributed by atoms with E-state index in [-0.39, 0.29) is 53.8 Å². The smallest absolute Gasteiger partial charge is 0.253 e. The molecule has 4 amide bonds. The van der Waals surface area contributed by atoms with Crippen LogP contribution in [0.3, 0.4) is 0 Å². The number of amides is 4. The Hall–Kier alpha value is -6.46. The first-order valence-electron chi connectivity index (χ1n) is 19.8. The summed E-state index contributed by atoms with van der Waals surface area (Å²) in [6, 6.07) is 14.4. The predicted octanol–water partition coefficient (Wildman–Crippen LogP) is 3.91. The van der Waals surface area contributed by atoms with Crippen LogP contribution in [0.25, 0.3) is 44.6 Å². The molecule has 16 nitrogen and oxygen atoms in total. The number of aryl methyl sites for hydroxylation is 2. The standard InChI is InChI=1S/C21H22N6O2.C16H13FN4O.C5H10N2O.ClH/c1-11-19(26-16-6-3-8-22-21(16)29)27-18-12(4-2-5-15(18)24-11)17-10-13-14(25-17)7-9-23-20(13)28;1-8-15(17)21-14-9(3-2-4-12(14)19-8)13-7-10-11(20-13)5-6-18-16(10)22;6-4-2-1-3-7-5(4)8;/h2,4-5,10,16,25H,3,6-9H2,1H3,(H,22,29)(H,23,28)(H,26,27);2-4,7,20H,5-6H2,1H3,(H,18,22);4H,1-3,6H2,(H,7,8);1H. The van der Waals surface area contributed by atoms with E-state index in [4.69, 9.17) is 15.7 Å². The summed E-state index contributed by atoms with van der Waals surface area (Å²) in [5.74, 6) is -0.112. The number of hydrogen-bond acceptors (Lipinski definition) is 10. The van der Waals surface area contributed by atoms with Crippen molar-refractivity contribution in [3.05, 3.63) is 88.4 Å². The molecule has 4 aromatic heterocycles. The largest absolute Gasteiger partial charge is 0.358 e. The number of H-pyrrole nitrogens is 2. The van der Waals surface area contributed by atoms with Crippen LogP contribution in [0.5, 0.6) is 0 Å². The highest BCUT2D eigenvalue weighted by molar-refractivity contribution is 6.01. The Morgan fingerprint density at radius 2 is 1.18 bits per heavy atom. The van der Waals surface area contributed by atoms with E-state index in [1.165, 1.54) is 0 Å². The highest BCUT2D eigenvalue weighted by Gasteiger charge is 2.25. The summed E-state index contributed by atoms with van der Waals surface area (Å²) >= 11 is 0. The number of aromatic amines is 2. The summed E-state index contributed by atoms with van der Waals surface area (Å²) in [4.78, 5) is 71.1. The van der Waals surface area contributed by atoms with E-state index < -0.39 is 5.95 Å². The highest BCUT2D eigenvalue weighted by Crippen LogP contribution is 2.32. The molecule has 60 heavy (non-hydrogen) atoms. The van der Waals surface area contributed by atoms with Crippen molar-refractivity contribution in [2.45, 2.75) is 64.5 Å². The van der Waals surface area contributed by atoms with E-state index in [0.717, 1.165) is 95.7 Å². The van der Waals surface area contributed by atoms with Gasteiger partial charge in [0, 0.05) is 72.9 Å². The van der Waals surface area contributed by atoms with E-state index >= 15 is 0 Å². The third kappa shape index (κ3) is 8.63. The van der Waals surface area contributed by atoms with E-state index in [2.05, 4.69) is 46.5 Å². The lowest BCUT2D eigenvalue weighted by Crippen LogP contribution is -2.45. The number of carbonyl (C=O) groups is 4. The molecule has 6 aromatic rings. The lowest BCUT2D eigenvalue weighted by molar-refractivity contribution is -0.124. The number of aromatic nitrogens is 6. The molecular formula is C42H46ClFN12O4. The first kappa shape index (κ1) is 41.7. The van der Waals surface area contributed by atoms with Crippen molar-refractivity contribution >= 4 is 63.9 Å². The minimum Gasteiger partial charge on any atom is -0.358 e. The number of hydrogen-bond donors (Lipinski definition) is 8. The van der Waals surface area contributed by atoms with Crippen LogP contribution in [-0.2, 0) is 22.4 Å². The van der Waals surface area contributed by atoms with Crippen LogP contribution in [0.1, 0.15) is 69.2 Å². The molecule has 18 heteroatoms. The van der Waals surface area contributed by atoms with Gasteiger partial charge in [0.15, 0.2) is 0 Å². The fourth-order valence-corrected chi connectivity index (χ4v) is 7.63. The fourth-order valence-electron chi connectivity index (χ4n) is 7.63. The normalized spacial score (nSPS) is 18.2. The Balaban J connectivity index is 0.000000155. The molecule has 8 heterocycles. The van der Waals surface area contributed by atoms with Crippen LogP contribution < -0.4 is 32.3 Å². The van der Waals surface area contributed by atoms with Crippen molar-refractivity contribution in [2.75, 3.05) is 31.5 Å². The molecule has 2 fully saturated rings. The van der Waals surface area contributed by atoms with Crippen molar-refractivity contribution in [3.8, 4) is 22.5 Å². The minimum absolute atomic E-state index is 0. The Morgan fingerprint density at radius 3 is 1.70 bits per heavy atom. The zero-order chi connectivity index (χ0) is 41.2. The van der Waals surface area contributed by atoms with Crippen LogP contribution in [0.2, 0.25) is 0 Å². The van der Waals surface area contributed by atoms with Gasteiger partial charge in [-0.15, -0.1) is 12.4 Å². The molecule has 10 rings (SSSR count). The number of benzene rings is 2. The molecular weight excluding hydrogens is 791 g/mol. The van der Waals surface area contributed by atoms with Crippen molar-refractivity contribution in [1.82, 2.24) is 51.2 Å². The van der Waals surface area contributed by atoms with Gasteiger partial charge in [-0.05, 0) is 63.8 Å². The van der Waals surface area contributed by atoms with E-state index in [9.17, 15) is 23.6 Å². The molecule has 0 saturated carbocycles. The molecule has 2 saturated heterocycles. The maximum atomic E-state index is 13.8. The molecule has 0 spiro atoms. The van der Waals surface area contributed by atoms with Gasteiger partial charge in [0.1, 0.15) is 22.9 Å². The van der Waals surface area contributed by atoms with E-state index in [1.54, 1.807) is 19.1 Å². The third-order valence-corrected chi connectivity index (χ3v) is 10.8. The zero-order valence-corrected chi connectivity index (χ0v) is 33.9. The number of nitrogens with one attached hydrogen (secondary N) is 7. The summed E-state index contributed by atoms with van der Waals surface area (Å²) < 4.78 is 13.8. The van der Waals surface area contributed by atoms with E-state index in [0.29, 0.717) is 47.6 Å². The summed E-state index contributed by atoms with van der Waals surface area (Å²) in [5.41, 5.74) is 15.4. The van der Waals surface area contributed by atoms with Crippen LogP contribution in [0.15, 0.2) is 48.5 Å². The van der Waals surface area contributed by atoms with Crippen molar-refractivity contribution in [1.29, 1.82) is 0 Å². The Kier molecular flexibility index (Phi) is 12.4. The number of nitrogens with zero attached hydrogens (tertiary/aromatic N) is 4. The van der Waals surface area contributed by atoms with Crippen LogP contribution in [0.4, 0.5) is 10.2 Å². The van der Waals surface area contributed by atoms with Crippen molar-refractivity contribution in [2.24, 2.45) is 5.73 Å². The average molecular weight is 837 g/mol. The molecule has 2 atom stereocenters. The first-order valence-corrected chi connectivity index (χ1v) is 19.8. The molecule has 2 unspecified atom stereocenters. The van der Waals surface area contributed by atoms with Crippen LogP contribution >= 0.6 is 12.4 Å². The van der Waals surface area contributed by atoms with Crippen molar-refractivity contribution in [3.63, 3.8) is 0 Å². The Bertz CT molecular complexity index is 2630. The molecule has 9 N–H and O–H groups in total. The second-order valence-electron chi connectivity index (χ2n) is 14.9. The Morgan fingerprint density at radius 1 is 0.650 bits per heavy atom.